The topological polar surface area (TPSA) is 34.1 Å². The Hall–Kier alpha value is -1.46. The molecule has 2 aliphatic carbocycles. The maximum absolute atomic E-state index is 14.9. The quantitative estimate of drug-likeness (QED) is 0.678. The fourth-order valence-electron chi connectivity index (χ4n) is 4.85. The molecule has 138 valence electrons. The molecule has 2 nitrogen and oxygen atoms in total. The van der Waals surface area contributed by atoms with E-state index in [9.17, 15) is 17.2 Å². The zero-order chi connectivity index (χ0) is 18.5. The fourth-order valence-corrected chi connectivity index (χ4v) is 7.47. The van der Waals surface area contributed by atoms with Gasteiger partial charge in [0.2, 0.25) is 0 Å². The van der Waals surface area contributed by atoms with Crippen molar-refractivity contribution in [3.8, 4) is 0 Å². The van der Waals surface area contributed by atoms with E-state index in [0.29, 0.717) is 37.1 Å². The summed E-state index contributed by atoms with van der Waals surface area (Å²) in [5, 5.41) is 0.433. The number of hydrogen-bond acceptors (Lipinski definition) is 2. The van der Waals surface area contributed by atoms with Crippen LogP contribution in [0.2, 0.25) is 5.02 Å². The van der Waals surface area contributed by atoms with Crippen molar-refractivity contribution in [3.63, 3.8) is 0 Å². The largest absolute Gasteiger partial charge is 0.223 e. The van der Waals surface area contributed by atoms with Gasteiger partial charge in [0.15, 0.2) is 9.84 Å². The smallest absolute Gasteiger partial charge is 0.188 e. The third-order valence-corrected chi connectivity index (χ3v) is 8.83. The predicted octanol–water partition coefficient (Wildman–Crippen LogP) is 5.42. The van der Waals surface area contributed by atoms with E-state index in [1.807, 2.05) is 0 Å². The van der Waals surface area contributed by atoms with Crippen molar-refractivity contribution >= 4 is 21.4 Å². The SMILES string of the molecule is O=S(=O)(c1ccc(Cl)cc1)C12CCCCC1CCc1c(F)ccc(F)c12. The molecule has 0 spiro atoms. The maximum Gasteiger partial charge on any atom is 0.188 e. The molecule has 0 heterocycles. The van der Waals surface area contributed by atoms with Gasteiger partial charge in [-0.05, 0) is 73.6 Å². The molecule has 0 bridgehead atoms. The Morgan fingerprint density at radius 1 is 0.962 bits per heavy atom. The van der Waals surface area contributed by atoms with Crippen molar-refractivity contribution in [2.75, 3.05) is 0 Å². The summed E-state index contributed by atoms with van der Waals surface area (Å²) in [6, 6.07) is 8.13. The van der Waals surface area contributed by atoms with Crippen molar-refractivity contribution in [2.45, 2.75) is 48.2 Å². The van der Waals surface area contributed by atoms with Crippen molar-refractivity contribution in [1.29, 1.82) is 0 Å². The van der Waals surface area contributed by atoms with E-state index in [-0.39, 0.29) is 21.9 Å². The van der Waals surface area contributed by atoms with Gasteiger partial charge in [0.25, 0.3) is 0 Å². The number of rotatable bonds is 2. The summed E-state index contributed by atoms with van der Waals surface area (Å²) in [6.45, 7) is 0. The zero-order valence-electron chi connectivity index (χ0n) is 14.1. The standard InChI is InChI=1S/C20H19ClF2O2S/c21-14-5-7-15(8-6-14)26(24,25)20-12-2-1-3-13(20)4-9-16-17(22)10-11-18(23)19(16)20/h5-8,10-11,13H,1-4,9,12H2. The van der Waals surface area contributed by atoms with E-state index in [2.05, 4.69) is 0 Å². The third kappa shape index (κ3) is 2.43. The van der Waals surface area contributed by atoms with Gasteiger partial charge < -0.3 is 0 Å². The van der Waals surface area contributed by atoms with E-state index in [4.69, 9.17) is 11.6 Å². The molecular weight excluding hydrogens is 378 g/mol. The number of hydrogen-bond donors (Lipinski definition) is 0. The maximum atomic E-state index is 14.9. The molecular formula is C20H19ClF2O2S. The monoisotopic (exact) mass is 396 g/mol. The first-order chi connectivity index (χ1) is 12.4. The average molecular weight is 397 g/mol. The molecule has 2 aliphatic rings. The first-order valence-electron chi connectivity index (χ1n) is 8.85. The second kappa shape index (κ2) is 6.31. The van der Waals surface area contributed by atoms with Gasteiger partial charge >= 0.3 is 0 Å². The molecule has 0 radical (unpaired) electrons. The summed E-state index contributed by atoms with van der Waals surface area (Å²) in [5.41, 5.74) is 0.282. The average Bonchev–Trinajstić information content (AvgIpc) is 2.64. The number of halogens is 3. The van der Waals surface area contributed by atoms with Crippen LogP contribution in [0, 0.1) is 17.6 Å². The summed E-state index contributed by atoms with van der Waals surface area (Å²) in [5.74, 6) is -1.35. The van der Waals surface area contributed by atoms with Crippen LogP contribution in [-0.4, -0.2) is 8.42 Å². The lowest BCUT2D eigenvalue weighted by atomic mass is 9.67. The molecule has 6 heteroatoms. The Morgan fingerprint density at radius 2 is 1.65 bits per heavy atom. The van der Waals surface area contributed by atoms with Crippen molar-refractivity contribution in [1.82, 2.24) is 0 Å². The van der Waals surface area contributed by atoms with Crippen LogP contribution in [0.3, 0.4) is 0 Å². The highest BCUT2D eigenvalue weighted by Crippen LogP contribution is 2.56. The van der Waals surface area contributed by atoms with Gasteiger partial charge in [-0.2, -0.15) is 0 Å². The lowest BCUT2D eigenvalue weighted by Gasteiger charge is -2.47. The highest BCUT2D eigenvalue weighted by Gasteiger charge is 2.56. The van der Waals surface area contributed by atoms with Gasteiger partial charge in [0.1, 0.15) is 16.4 Å². The second-order valence-electron chi connectivity index (χ2n) is 7.21. The lowest BCUT2D eigenvalue weighted by molar-refractivity contribution is 0.223. The molecule has 0 aliphatic heterocycles. The molecule has 4 rings (SSSR count). The molecule has 0 amide bonds. The number of benzene rings is 2. The van der Waals surface area contributed by atoms with E-state index >= 15 is 0 Å². The van der Waals surface area contributed by atoms with Crippen LogP contribution in [-0.2, 0) is 21.0 Å². The van der Waals surface area contributed by atoms with Crippen LogP contribution >= 0.6 is 11.6 Å². The molecule has 26 heavy (non-hydrogen) atoms. The lowest BCUT2D eigenvalue weighted by Crippen LogP contribution is -2.49. The summed E-state index contributed by atoms with van der Waals surface area (Å²) in [7, 11) is -3.92. The van der Waals surface area contributed by atoms with Crippen LogP contribution < -0.4 is 0 Å². The minimum atomic E-state index is -3.92. The van der Waals surface area contributed by atoms with Gasteiger partial charge in [-0.25, -0.2) is 17.2 Å². The van der Waals surface area contributed by atoms with E-state index in [1.54, 1.807) is 0 Å². The molecule has 1 saturated carbocycles. The van der Waals surface area contributed by atoms with Crippen LogP contribution in [0.1, 0.15) is 43.2 Å². The summed E-state index contributed by atoms with van der Waals surface area (Å²) < 4.78 is 55.5. The Balaban J connectivity index is 2.02. The fraction of sp³-hybridized carbons (Fsp3) is 0.400. The zero-order valence-corrected chi connectivity index (χ0v) is 15.7. The molecule has 0 aromatic heterocycles. The first-order valence-corrected chi connectivity index (χ1v) is 10.7. The second-order valence-corrected chi connectivity index (χ2v) is 9.85. The van der Waals surface area contributed by atoms with Crippen LogP contribution in [0.25, 0.3) is 0 Å². The summed E-state index contributed by atoms with van der Waals surface area (Å²) >= 11 is 5.91. The van der Waals surface area contributed by atoms with Gasteiger partial charge in [-0.3, -0.25) is 0 Å². The van der Waals surface area contributed by atoms with Gasteiger partial charge in [0.05, 0.1) is 4.90 Å². The number of sulfone groups is 1. The molecule has 0 N–H and O–H groups in total. The van der Waals surface area contributed by atoms with Crippen molar-refractivity contribution < 1.29 is 17.2 Å². The predicted molar refractivity (Wildman–Crippen MR) is 97.0 cm³/mol. The highest BCUT2D eigenvalue weighted by molar-refractivity contribution is 7.92. The molecule has 2 aromatic carbocycles. The van der Waals surface area contributed by atoms with E-state index in [0.717, 1.165) is 18.6 Å². The molecule has 2 unspecified atom stereocenters. The van der Waals surface area contributed by atoms with E-state index in [1.165, 1.54) is 24.3 Å². The Bertz CT molecular complexity index is 957. The minimum absolute atomic E-state index is 0.0587. The number of fused-ring (bicyclic) bond motifs is 3. The van der Waals surface area contributed by atoms with Crippen LogP contribution in [0.4, 0.5) is 8.78 Å². The summed E-state index contributed by atoms with van der Waals surface area (Å²) in [4.78, 5) is 0.116. The van der Waals surface area contributed by atoms with Crippen LogP contribution in [0.15, 0.2) is 41.3 Å². The van der Waals surface area contributed by atoms with Crippen molar-refractivity contribution in [3.05, 3.63) is 64.2 Å². The Labute approximate surface area is 157 Å². The third-order valence-electron chi connectivity index (χ3n) is 5.98. The molecule has 2 atom stereocenters. The molecule has 1 fully saturated rings. The summed E-state index contributed by atoms with van der Waals surface area (Å²) in [6.07, 6.45) is 3.55. The normalized spacial score (nSPS) is 25.4. The molecule has 2 aromatic rings. The Kier molecular flexibility index (Phi) is 4.35. The minimum Gasteiger partial charge on any atom is -0.223 e. The van der Waals surface area contributed by atoms with Crippen LogP contribution in [0.5, 0.6) is 0 Å². The van der Waals surface area contributed by atoms with Gasteiger partial charge in [-0.15, -0.1) is 0 Å². The van der Waals surface area contributed by atoms with Gasteiger partial charge in [0, 0.05) is 10.6 Å². The first kappa shape index (κ1) is 17.9. The van der Waals surface area contributed by atoms with Gasteiger partial charge in [-0.1, -0.05) is 24.4 Å². The van der Waals surface area contributed by atoms with Crippen molar-refractivity contribution in [2.24, 2.45) is 5.92 Å². The molecule has 0 saturated heterocycles. The van der Waals surface area contributed by atoms with E-state index < -0.39 is 26.2 Å². The highest BCUT2D eigenvalue weighted by atomic mass is 35.5. The Morgan fingerprint density at radius 3 is 2.38 bits per heavy atom.